The maximum Gasteiger partial charge on any atom is 0.270 e. The molecule has 0 fully saturated rings. The Balaban J connectivity index is 1.63. The van der Waals surface area contributed by atoms with E-state index in [0.717, 1.165) is 11.3 Å². The van der Waals surface area contributed by atoms with Crippen LogP contribution in [0.15, 0.2) is 54.6 Å². The minimum atomic E-state index is -0.266. The third-order valence-corrected chi connectivity index (χ3v) is 4.19. The molecule has 0 saturated carbocycles. The fourth-order valence-corrected chi connectivity index (χ4v) is 2.77. The summed E-state index contributed by atoms with van der Waals surface area (Å²) in [5, 5.41) is 15.0. The molecule has 0 unspecified atom stereocenters. The molecule has 0 radical (unpaired) electrons. The Hall–Kier alpha value is -3.92. The first kappa shape index (κ1) is 19.8. The first-order valence-corrected chi connectivity index (χ1v) is 9.11. The summed E-state index contributed by atoms with van der Waals surface area (Å²) in [4.78, 5) is 21.0. The fourth-order valence-electron chi connectivity index (χ4n) is 2.77. The SMILES string of the molecule is COc1ccc(CCNC(=O)c2cc(Nc3cccc(C#N)c3)nc(C)n2)cc1. The predicted molar refractivity (Wildman–Crippen MR) is 110 cm³/mol. The highest BCUT2D eigenvalue weighted by atomic mass is 16.5. The van der Waals surface area contributed by atoms with Gasteiger partial charge < -0.3 is 15.4 Å². The van der Waals surface area contributed by atoms with Crippen molar-refractivity contribution < 1.29 is 9.53 Å². The highest BCUT2D eigenvalue weighted by Crippen LogP contribution is 2.17. The quantitative estimate of drug-likeness (QED) is 0.645. The van der Waals surface area contributed by atoms with E-state index in [-0.39, 0.29) is 11.6 Å². The van der Waals surface area contributed by atoms with Crippen LogP contribution in [0.2, 0.25) is 0 Å². The molecule has 0 bridgehead atoms. The third-order valence-electron chi connectivity index (χ3n) is 4.19. The number of carbonyl (C=O) groups is 1. The Labute approximate surface area is 169 Å². The molecule has 0 spiro atoms. The summed E-state index contributed by atoms with van der Waals surface area (Å²) in [6, 6.07) is 18.5. The Morgan fingerprint density at radius 2 is 1.93 bits per heavy atom. The molecule has 3 aromatic rings. The lowest BCUT2D eigenvalue weighted by atomic mass is 10.1. The number of benzene rings is 2. The molecule has 0 aliphatic rings. The Morgan fingerprint density at radius 1 is 1.14 bits per heavy atom. The zero-order chi connectivity index (χ0) is 20.6. The zero-order valence-corrected chi connectivity index (χ0v) is 16.3. The molecule has 7 heteroatoms. The molecule has 3 rings (SSSR count). The molecule has 1 amide bonds. The van der Waals surface area contributed by atoms with Gasteiger partial charge in [-0.2, -0.15) is 5.26 Å². The zero-order valence-electron chi connectivity index (χ0n) is 16.3. The summed E-state index contributed by atoms with van der Waals surface area (Å²) in [6.07, 6.45) is 0.700. The predicted octanol–water partition coefficient (Wildman–Crippen LogP) is 3.38. The average molecular weight is 387 g/mol. The van der Waals surface area contributed by atoms with Crippen molar-refractivity contribution in [3.63, 3.8) is 0 Å². The van der Waals surface area contributed by atoms with E-state index >= 15 is 0 Å². The number of nitrogens with zero attached hydrogens (tertiary/aromatic N) is 3. The number of amides is 1. The first-order chi connectivity index (χ1) is 14.1. The number of aromatic nitrogens is 2. The van der Waals surface area contributed by atoms with E-state index in [4.69, 9.17) is 10.00 Å². The largest absolute Gasteiger partial charge is 0.497 e. The second-order valence-electron chi connectivity index (χ2n) is 6.36. The van der Waals surface area contributed by atoms with E-state index < -0.39 is 0 Å². The molecular weight excluding hydrogens is 366 g/mol. The Bertz CT molecular complexity index is 1040. The van der Waals surface area contributed by atoms with Crippen molar-refractivity contribution in [2.45, 2.75) is 13.3 Å². The number of nitriles is 1. The van der Waals surface area contributed by atoms with E-state index in [1.807, 2.05) is 30.3 Å². The molecule has 0 atom stereocenters. The van der Waals surface area contributed by atoms with Crippen molar-refractivity contribution in [1.29, 1.82) is 5.26 Å². The van der Waals surface area contributed by atoms with Gasteiger partial charge in [0.1, 0.15) is 23.1 Å². The number of ether oxygens (including phenoxy) is 1. The normalized spacial score (nSPS) is 10.1. The monoisotopic (exact) mass is 387 g/mol. The Morgan fingerprint density at radius 3 is 2.66 bits per heavy atom. The summed E-state index contributed by atoms with van der Waals surface area (Å²) in [6.45, 7) is 2.21. The summed E-state index contributed by atoms with van der Waals surface area (Å²) in [5.74, 6) is 1.51. The lowest BCUT2D eigenvalue weighted by Crippen LogP contribution is -2.27. The van der Waals surface area contributed by atoms with E-state index in [1.165, 1.54) is 0 Å². The first-order valence-electron chi connectivity index (χ1n) is 9.11. The highest BCUT2D eigenvalue weighted by Gasteiger charge is 2.11. The molecule has 2 aromatic carbocycles. The molecule has 2 N–H and O–H groups in total. The summed E-state index contributed by atoms with van der Waals surface area (Å²) in [7, 11) is 1.63. The van der Waals surface area contributed by atoms with Gasteiger partial charge in [0.2, 0.25) is 0 Å². The maximum atomic E-state index is 12.5. The van der Waals surface area contributed by atoms with Crippen LogP contribution in [0.4, 0.5) is 11.5 Å². The van der Waals surface area contributed by atoms with Crippen LogP contribution in [-0.2, 0) is 6.42 Å². The van der Waals surface area contributed by atoms with Crippen LogP contribution < -0.4 is 15.4 Å². The van der Waals surface area contributed by atoms with E-state index in [2.05, 4.69) is 26.7 Å². The van der Waals surface area contributed by atoms with Gasteiger partial charge in [-0.25, -0.2) is 9.97 Å². The van der Waals surface area contributed by atoms with E-state index in [0.29, 0.717) is 35.9 Å². The van der Waals surface area contributed by atoms with Crippen LogP contribution in [0.1, 0.15) is 27.4 Å². The molecule has 7 nitrogen and oxygen atoms in total. The van der Waals surface area contributed by atoms with Crippen LogP contribution in [0.5, 0.6) is 5.75 Å². The number of hydrogen-bond acceptors (Lipinski definition) is 6. The van der Waals surface area contributed by atoms with Gasteiger partial charge in [-0.3, -0.25) is 4.79 Å². The topological polar surface area (TPSA) is 99.9 Å². The second-order valence-corrected chi connectivity index (χ2v) is 6.36. The molecule has 1 aromatic heterocycles. The summed E-state index contributed by atoms with van der Waals surface area (Å²) < 4.78 is 5.14. The number of rotatable bonds is 7. The van der Waals surface area contributed by atoms with Gasteiger partial charge in [-0.1, -0.05) is 18.2 Å². The van der Waals surface area contributed by atoms with Crippen molar-refractivity contribution in [2.24, 2.45) is 0 Å². The third kappa shape index (κ3) is 5.53. The van der Waals surface area contributed by atoms with Crippen LogP contribution in [-0.4, -0.2) is 29.5 Å². The van der Waals surface area contributed by atoms with Crippen molar-refractivity contribution in [3.05, 3.63) is 77.2 Å². The number of anilines is 2. The number of nitrogens with one attached hydrogen (secondary N) is 2. The number of hydrogen-bond donors (Lipinski definition) is 2. The van der Waals surface area contributed by atoms with Crippen molar-refractivity contribution >= 4 is 17.4 Å². The van der Waals surface area contributed by atoms with E-state index in [1.54, 1.807) is 38.3 Å². The van der Waals surface area contributed by atoms with Gasteiger partial charge in [0.05, 0.1) is 18.7 Å². The van der Waals surface area contributed by atoms with Crippen molar-refractivity contribution in [1.82, 2.24) is 15.3 Å². The molecule has 1 heterocycles. The average Bonchev–Trinajstić information content (AvgIpc) is 2.74. The molecule has 0 aliphatic carbocycles. The van der Waals surface area contributed by atoms with Gasteiger partial charge in [-0.05, 0) is 49.2 Å². The molecule has 146 valence electrons. The number of carbonyl (C=O) groups excluding carboxylic acids is 1. The Kier molecular flexibility index (Phi) is 6.38. The van der Waals surface area contributed by atoms with Crippen molar-refractivity contribution in [3.8, 4) is 11.8 Å². The van der Waals surface area contributed by atoms with Crippen LogP contribution in [0.3, 0.4) is 0 Å². The fraction of sp³-hybridized carbons (Fsp3) is 0.182. The van der Waals surface area contributed by atoms with Gasteiger partial charge >= 0.3 is 0 Å². The number of aryl methyl sites for hydroxylation is 1. The summed E-state index contributed by atoms with van der Waals surface area (Å²) in [5.41, 5.74) is 2.64. The molecule has 29 heavy (non-hydrogen) atoms. The number of methoxy groups -OCH3 is 1. The standard InChI is InChI=1S/C22H21N5O2/c1-15-25-20(13-21(26-15)27-18-5-3-4-17(12-18)14-23)22(28)24-11-10-16-6-8-19(29-2)9-7-16/h3-9,12-13H,10-11H2,1-2H3,(H,24,28)(H,25,26,27). The highest BCUT2D eigenvalue weighted by molar-refractivity contribution is 5.93. The van der Waals surface area contributed by atoms with Gasteiger partial charge in [0.15, 0.2) is 0 Å². The minimum absolute atomic E-state index is 0.266. The molecular formula is C22H21N5O2. The summed E-state index contributed by atoms with van der Waals surface area (Å²) >= 11 is 0. The van der Waals surface area contributed by atoms with E-state index in [9.17, 15) is 4.79 Å². The second kappa shape index (κ2) is 9.33. The molecule has 0 aliphatic heterocycles. The van der Waals surface area contributed by atoms with Crippen LogP contribution >= 0.6 is 0 Å². The van der Waals surface area contributed by atoms with Gasteiger partial charge in [0, 0.05) is 18.3 Å². The lowest BCUT2D eigenvalue weighted by molar-refractivity contribution is 0.0949. The molecule has 0 saturated heterocycles. The van der Waals surface area contributed by atoms with Crippen LogP contribution in [0, 0.1) is 18.3 Å². The van der Waals surface area contributed by atoms with Crippen molar-refractivity contribution in [2.75, 3.05) is 19.0 Å². The smallest absolute Gasteiger partial charge is 0.270 e. The van der Waals surface area contributed by atoms with Crippen LogP contribution in [0.25, 0.3) is 0 Å². The van der Waals surface area contributed by atoms with Gasteiger partial charge in [-0.15, -0.1) is 0 Å². The minimum Gasteiger partial charge on any atom is -0.497 e. The van der Waals surface area contributed by atoms with Gasteiger partial charge in [0.25, 0.3) is 5.91 Å². The maximum absolute atomic E-state index is 12.5. The lowest BCUT2D eigenvalue weighted by Gasteiger charge is -2.10.